The normalized spacial score (nSPS) is 15.6. The van der Waals surface area contributed by atoms with Crippen LogP contribution >= 0.6 is 11.8 Å². The van der Waals surface area contributed by atoms with Crippen molar-refractivity contribution in [1.82, 2.24) is 9.99 Å². The predicted molar refractivity (Wildman–Crippen MR) is 129 cm³/mol. The minimum absolute atomic E-state index is 0.0397. The Balaban J connectivity index is 1.98. The molecule has 1 aliphatic heterocycles. The van der Waals surface area contributed by atoms with Crippen LogP contribution in [0.2, 0.25) is 0 Å². The molecular weight excluding hydrogens is 444 g/mol. The van der Waals surface area contributed by atoms with Gasteiger partial charge in [0.2, 0.25) is 0 Å². The first-order valence-electron chi connectivity index (χ1n) is 10.3. The van der Waals surface area contributed by atoms with Crippen LogP contribution in [0.4, 0.5) is 0 Å². The summed E-state index contributed by atoms with van der Waals surface area (Å²) >= 11 is 1.58. The monoisotopic (exact) mass is 472 g/mol. The summed E-state index contributed by atoms with van der Waals surface area (Å²) < 4.78 is 16.8. The summed E-state index contributed by atoms with van der Waals surface area (Å²) in [5, 5.41) is 5.29. The number of aromatic nitrogens is 1. The summed E-state index contributed by atoms with van der Waals surface area (Å²) in [7, 11) is 4.26. The molecule has 1 aliphatic rings. The highest BCUT2D eigenvalue weighted by molar-refractivity contribution is 8.14. The standard InChI is InChI=1S/C23H28N4O5S/c1-13(11-30-4)24-23-26-25-20(12-33-23)19-7-14(2)27(15(19)3)18-9-16(21(28)31-5)8-17(10-18)22(29)32-6/h7-10,13H,11-12H2,1-6H3,(H,24,26)/t13-/m0/s1. The van der Waals surface area contributed by atoms with Crippen LogP contribution in [0.1, 0.15) is 44.6 Å². The van der Waals surface area contributed by atoms with Crippen LogP contribution in [-0.4, -0.2) is 67.1 Å². The highest BCUT2D eigenvalue weighted by Crippen LogP contribution is 2.26. The van der Waals surface area contributed by atoms with Crippen LogP contribution in [0.5, 0.6) is 0 Å². The number of rotatable bonds is 7. The Morgan fingerprint density at radius 1 is 1.12 bits per heavy atom. The van der Waals surface area contributed by atoms with E-state index in [0.717, 1.165) is 27.8 Å². The summed E-state index contributed by atoms with van der Waals surface area (Å²) in [6, 6.07) is 6.93. The van der Waals surface area contributed by atoms with Crippen molar-refractivity contribution in [3.63, 3.8) is 0 Å². The average Bonchev–Trinajstić information content (AvgIpc) is 3.11. The Bertz CT molecular complexity index is 1090. The van der Waals surface area contributed by atoms with Gasteiger partial charge >= 0.3 is 11.9 Å². The topological polar surface area (TPSA) is 104 Å². The lowest BCUT2D eigenvalue weighted by molar-refractivity contribution is 0.0599. The molecule has 0 unspecified atom stereocenters. The highest BCUT2D eigenvalue weighted by atomic mass is 32.2. The third-order valence-corrected chi connectivity index (χ3v) is 6.03. The largest absolute Gasteiger partial charge is 0.465 e. The van der Waals surface area contributed by atoms with E-state index in [1.54, 1.807) is 31.0 Å². The van der Waals surface area contributed by atoms with Crippen molar-refractivity contribution in [2.75, 3.05) is 33.7 Å². The maximum atomic E-state index is 12.2. The molecule has 0 radical (unpaired) electrons. The molecule has 0 aliphatic carbocycles. The van der Waals surface area contributed by atoms with Gasteiger partial charge in [0, 0.05) is 35.5 Å². The Hall–Kier alpha value is -3.11. The Labute approximate surface area is 197 Å². The number of hydrazone groups is 1. The molecule has 33 heavy (non-hydrogen) atoms. The number of methoxy groups -OCH3 is 3. The number of benzene rings is 1. The van der Waals surface area contributed by atoms with Crippen molar-refractivity contribution in [3.05, 3.63) is 52.3 Å². The molecule has 10 heteroatoms. The second-order valence-corrected chi connectivity index (χ2v) is 8.53. The van der Waals surface area contributed by atoms with E-state index in [-0.39, 0.29) is 17.2 Å². The maximum absolute atomic E-state index is 12.2. The molecule has 0 saturated carbocycles. The number of hydrogen-bond donors (Lipinski definition) is 1. The number of thioether (sulfide) groups is 1. The fourth-order valence-electron chi connectivity index (χ4n) is 3.66. The van der Waals surface area contributed by atoms with Crippen LogP contribution in [0.3, 0.4) is 0 Å². The van der Waals surface area contributed by atoms with Crippen LogP contribution in [0, 0.1) is 13.8 Å². The molecule has 0 bridgehead atoms. The van der Waals surface area contributed by atoms with Crippen LogP contribution < -0.4 is 5.43 Å². The zero-order chi connectivity index (χ0) is 24.1. The lowest BCUT2D eigenvalue weighted by Gasteiger charge is -2.17. The lowest BCUT2D eigenvalue weighted by atomic mass is 10.1. The zero-order valence-electron chi connectivity index (χ0n) is 19.6. The van der Waals surface area contributed by atoms with E-state index in [4.69, 9.17) is 14.2 Å². The fourth-order valence-corrected chi connectivity index (χ4v) is 4.52. The number of carbonyl (C=O) groups excluding carboxylic acids is 2. The summed E-state index contributed by atoms with van der Waals surface area (Å²) in [6.45, 7) is 6.46. The zero-order valence-corrected chi connectivity index (χ0v) is 20.4. The molecule has 2 heterocycles. The van der Waals surface area contributed by atoms with Gasteiger partial charge in [0.1, 0.15) is 0 Å². The van der Waals surface area contributed by atoms with Gasteiger partial charge in [0.25, 0.3) is 0 Å². The number of ether oxygens (including phenoxy) is 3. The van der Waals surface area contributed by atoms with E-state index in [1.807, 2.05) is 31.4 Å². The van der Waals surface area contributed by atoms with Crippen LogP contribution in [0.25, 0.3) is 5.69 Å². The molecule has 1 aromatic carbocycles. The molecule has 1 N–H and O–H groups in total. The van der Waals surface area contributed by atoms with Gasteiger partial charge in [0.15, 0.2) is 5.17 Å². The molecule has 0 saturated heterocycles. The summed E-state index contributed by atoms with van der Waals surface area (Å²) in [4.78, 5) is 29.0. The second kappa shape index (κ2) is 10.7. The van der Waals surface area contributed by atoms with Crippen molar-refractivity contribution >= 4 is 34.6 Å². The van der Waals surface area contributed by atoms with E-state index < -0.39 is 11.9 Å². The molecule has 2 aromatic rings. The lowest BCUT2D eigenvalue weighted by Crippen LogP contribution is -2.27. The van der Waals surface area contributed by atoms with Gasteiger partial charge in [0.05, 0.1) is 43.7 Å². The van der Waals surface area contributed by atoms with Crippen molar-refractivity contribution in [1.29, 1.82) is 0 Å². The first-order valence-corrected chi connectivity index (χ1v) is 11.3. The molecule has 1 atom stereocenters. The second-order valence-electron chi connectivity index (χ2n) is 7.57. The number of amidine groups is 1. The van der Waals surface area contributed by atoms with Gasteiger partial charge < -0.3 is 18.8 Å². The number of aryl methyl sites for hydroxylation is 1. The van der Waals surface area contributed by atoms with Gasteiger partial charge in [-0.2, -0.15) is 5.10 Å². The minimum Gasteiger partial charge on any atom is -0.465 e. The molecule has 9 nitrogen and oxygen atoms in total. The molecular formula is C23H28N4O5S. The Morgan fingerprint density at radius 2 is 1.76 bits per heavy atom. The summed E-state index contributed by atoms with van der Waals surface area (Å²) in [6.07, 6.45) is 0. The predicted octanol–water partition coefficient (Wildman–Crippen LogP) is 3.10. The fraction of sp³-hybridized carbons (Fsp3) is 0.391. The number of nitrogens with one attached hydrogen (secondary N) is 1. The Morgan fingerprint density at radius 3 is 2.27 bits per heavy atom. The van der Waals surface area contributed by atoms with E-state index >= 15 is 0 Å². The number of nitrogens with zero attached hydrogens (tertiary/aromatic N) is 3. The van der Waals surface area contributed by atoms with Crippen molar-refractivity contribution in [3.8, 4) is 5.69 Å². The SMILES string of the molecule is COC[C@H](C)N=C1NN=C(c2cc(C)n(-c3cc(C(=O)OC)cc(C(=O)OC)c3)c2C)CS1. The molecule has 0 fully saturated rings. The van der Waals surface area contributed by atoms with E-state index in [0.29, 0.717) is 18.0 Å². The summed E-state index contributed by atoms with van der Waals surface area (Å²) in [5.74, 6) is -0.404. The highest BCUT2D eigenvalue weighted by Gasteiger charge is 2.21. The number of aliphatic imine (C=N–C) groups is 1. The van der Waals surface area contributed by atoms with Crippen molar-refractivity contribution in [2.24, 2.45) is 10.1 Å². The quantitative estimate of drug-likeness (QED) is 0.618. The molecule has 3 rings (SSSR count). The van der Waals surface area contributed by atoms with E-state index in [1.165, 1.54) is 20.3 Å². The number of carbonyl (C=O) groups is 2. The first kappa shape index (κ1) is 24.5. The third-order valence-electron chi connectivity index (χ3n) is 5.14. The molecule has 1 aromatic heterocycles. The summed E-state index contributed by atoms with van der Waals surface area (Å²) in [5.41, 5.74) is 7.94. The minimum atomic E-state index is -0.531. The smallest absolute Gasteiger partial charge is 0.337 e. The Kier molecular flexibility index (Phi) is 7.93. The van der Waals surface area contributed by atoms with Gasteiger partial charge in [-0.05, 0) is 45.0 Å². The molecule has 176 valence electrons. The van der Waals surface area contributed by atoms with Crippen molar-refractivity contribution in [2.45, 2.75) is 26.8 Å². The maximum Gasteiger partial charge on any atom is 0.337 e. The van der Waals surface area contributed by atoms with Crippen molar-refractivity contribution < 1.29 is 23.8 Å². The van der Waals surface area contributed by atoms with Gasteiger partial charge in [-0.1, -0.05) is 11.8 Å². The van der Waals surface area contributed by atoms with Crippen LogP contribution in [0.15, 0.2) is 34.4 Å². The first-order chi connectivity index (χ1) is 15.8. The number of hydrogen-bond acceptors (Lipinski definition) is 8. The van der Waals surface area contributed by atoms with E-state index in [9.17, 15) is 9.59 Å². The number of esters is 2. The third kappa shape index (κ3) is 5.45. The molecule has 0 spiro atoms. The van der Waals surface area contributed by atoms with E-state index in [2.05, 4.69) is 15.5 Å². The van der Waals surface area contributed by atoms with Crippen LogP contribution in [-0.2, 0) is 14.2 Å². The van der Waals surface area contributed by atoms with Gasteiger partial charge in [-0.3, -0.25) is 10.4 Å². The van der Waals surface area contributed by atoms with Gasteiger partial charge in [-0.25, -0.2) is 9.59 Å². The average molecular weight is 473 g/mol. The molecule has 0 amide bonds. The van der Waals surface area contributed by atoms with Gasteiger partial charge in [-0.15, -0.1) is 0 Å².